The van der Waals surface area contributed by atoms with Crippen molar-refractivity contribution < 1.29 is 0 Å². The first kappa shape index (κ1) is 15.2. The van der Waals surface area contributed by atoms with Crippen molar-refractivity contribution in [3.63, 3.8) is 0 Å². The second-order valence-electron chi connectivity index (χ2n) is 4.71. The highest BCUT2D eigenvalue weighted by atomic mass is 15.3. The zero-order valence-electron chi connectivity index (χ0n) is 12.0. The summed E-state index contributed by atoms with van der Waals surface area (Å²) >= 11 is 0. The Hall–Kier alpha value is -0.770. The fraction of sp³-hybridized carbons (Fsp3) is 0.917. The highest BCUT2D eigenvalue weighted by molar-refractivity contribution is 5.79. The predicted molar refractivity (Wildman–Crippen MR) is 72.1 cm³/mol. The molecule has 0 fully saturated rings. The summed E-state index contributed by atoms with van der Waals surface area (Å²) in [6.07, 6.45) is 1.19. The van der Waals surface area contributed by atoms with Gasteiger partial charge in [-0.3, -0.25) is 4.99 Å². The van der Waals surface area contributed by atoms with Crippen LogP contribution in [0.4, 0.5) is 0 Å². The maximum absolute atomic E-state index is 4.61. The lowest BCUT2D eigenvalue weighted by Crippen LogP contribution is -2.37. The van der Waals surface area contributed by atoms with Gasteiger partial charge in [-0.25, -0.2) is 0 Å². The molecule has 0 N–H and O–H groups in total. The second-order valence-corrected chi connectivity index (χ2v) is 4.71. The molecule has 0 aliphatic carbocycles. The lowest BCUT2D eigenvalue weighted by atomic mass is 10.2. The molecule has 1 unspecified atom stereocenters. The number of hydrogen-bond acceptors (Lipinski definition) is 2. The van der Waals surface area contributed by atoms with Crippen molar-refractivity contribution in [2.24, 2.45) is 4.99 Å². The quantitative estimate of drug-likeness (QED) is 0.521. The molecule has 4 heteroatoms. The van der Waals surface area contributed by atoms with Crippen LogP contribution < -0.4 is 0 Å². The molecule has 0 rings (SSSR count). The van der Waals surface area contributed by atoms with Crippen LogP contribution in [-0.2, 0) is 0 Å². The molecule has 0 bridgehead atoms. The van der Waals surface area contributed by atoms with Gasteiger partial charge in [-0.05, 0) is 20.4 Å². The van der Waals surface area contributed by atoms with Gasteiger partial charge in [-0.15, -0.1) is 0 Å². The smallest absolute Gasteiger partial charge is 0.195 e. The minimum Gasteiger partial charge on any atom is -0.349 e. The van der Waals surface area contributed by atoms with E-state index < -0.39 is 0 Å². The molecule has 0 radical (unpaired) electrons. The molecule has 0 aromatic carbocycles. The topological polar surface area (TPSA) is 22.1 Å². The maximum atomic E-state index is 4.61. The average molecular weight is 228 g/mol. The van der Waals surface area contributed by atoms with Crippen LogP contribution in [0.3, 0.4) is 0 Å². The Morgan fingerprint density at radius 1 is 1.06 bits per heavy atom. The van der Waals surface area contributed by atoms with Crippen molar-refractivity contribution in [3.8, 4) is 0 Å². The van der Waals surface area contributed by atoms with Crippen molar-refractivity contribution in [1.29, 1.82) is 0 Å². The summed E-state index contributed by atoms with van der Waals surface area (Å²) in [5.41, 5.74) is 0. The summed E-state index contributed by atoms with van der Waals surface area (Å²) in [5.74, 6) is 1.03. The Morgan fingerprint density at radius 2 is 1.56 bits per heavy atom. The zero-order chi connectivity index (χ0) is 12.7. The van der Waals surface area contributed by atoms with Gasteiger partial charge in [-0.1, -0.05) is 6.92 Å². The highest BCUT2D eigenvalue weighted by Gasteiger charge is 2.07. The zero-order valence-corrected chi connectivity index (χ0v) is 12.0. The van der Waals surface area contributed by atoms with Gasteiger partial charge in [0.15, 0.2) is 5.96 Å². The summed E-state index contributed by atoms with van der Waals surface area (Å²) < 4.78 is 0. The van der Waals surface area contributed by atoms with Gasteiger partial charge >= 0.3 is 0 Å². The van der Waals surface area contributed by atoms with E-state index in [9.17, 15) is 0 Å². The normalized spacial score (nSPS) is 12.5. The van der Waals surface area contributed by atoms with E-state index in [0.29, 0.717) is 6.04 Å². The van der Waals surface area contributed by atoms with Gasteiger partial charge in [0.05, 0.1) is 6.54 Å². The van der Waals surface area contributed by atoms with Crippen LogP contribution in [-0.4, -0.2) is 75.0 Å². The van der Waals surface area contributed by atoms with Crippen LogP contribution >= 0.6 is 0 Å². The molecule has 0 heterocycles. The lowest BCUT2D eigenvalue weighted by Gasteiger charge is -2.25. The van der Waals surface area contributed by atoms with Gasteiger partial charge in [0, 0.05) is 40.8 Å². The number of hydrogen-bond donors (Lipinski definition) is 0. The summed E-state index contributed by atoms with van der Waals surface area (Å²) in [5, 5.41) is 0. The minimum absolute atomic E-state index is 0.636. The van der Waals surface area contributed by atoms with Crippen molar-refractivity contribution in [1.82, 2.24) is 14.7 Å². The molecule has 0 aliphatic rings. The Balaban J connectivity index is 4.15. The monoisotopic (exact) mass is 228 g/mol. The van der Waals surface area contributed by atoms with Gasteiger partial charge in [0.2, 0.25) is 0 Å². The van der Waals surface area contributed by atoms with Crippen molar-refractivity contribution in [3.05, 3.63) is 0 Å². The predicted octanol–water partition coefficient (Wildman–Crippen LogP) is 1.20. The van der Waals surface area contributed by atoms with E-state index in [1.807, 2.05) is 38.0 Å². The fourth-order valence-corrected chi connectivity index (χ4v) is 1.52. The first-order valence-corrected chi connectivity index (χ1v) is 5.99. The van der Waals surface area contributed by atoms with Crippen LogP contribution in [0.1, 0.15) is 20.3 Å². The van der Waals surface area contributed by atoms with Crippen molar-refractivity contribution in [2.75, 3.05) is 48.3 Å². The third-order valence-electron chi connectivity index (χ3n) is 2.85. The van der Waals surface area contributed by atoms with E-state index in [2.05, 4.69) is 30.8 Å². The molecular formula is C12H28N4. The summed E-state index contributed by atoms with van der Waals surface area (Å²) in [6, 6.07) is 0.636. The van der Waals surface area contributed by atoms with Crippen molar-refractivity contribution in [2.45, 2.75) is 26.3 Å². The molecule has 0 saturated heterocycles. The molecule has 96 valence electrons. The fourth-order valence-electron chi connectivity index (χ4n) is 1.52. The first-order chi connectivity index (χ1) is 7.40. The molecule has 1 atom stereocenters. The minimum atomic E-state index is 0.636. The Labute approximate surface area is 101 Å². The number of rotatable bonds is 5. The summed E-state index contributed by atoms with van der Waals surface area (Å²) in [4.78, 5) is 11.0. The molecule has 4 nitrogen and oxygen atoms in total. The lowest BCUT2D eigenvalue weighted by molar-refractivity contribution is 0.258. The van der Waals surface area contributed by atoms with Crippen LogP contribution in [0.15, 0.2) is 4.99 Å². The van der Waals surface area contributed by atoms with Crippen LogP contribution in [0.5, 0.6) is 0 Å². The second kappa shape index (κ2) is 7.49. The third-order valence-corrected chi connectivity index (χ3v) is 2.85. The van der Waals surface area contributed by atoms with E-state index in [4.69, 9.17) is 0 Å². The van der Waals surface area contributed by atoms with Gasteiger partial charge in [0.1, 0.15) is 0 Å². The van der Waals surface area contributed by atoms with E-state index >= 15 is 0 Å². The SMILES string of the molecule is CCC(C)N(C)CCN=C(N(C)C)N(C)C. The number of aliphatic imine (C=N–C) groups is 1. The van der Waals surface area contributed by atoms with Gasteiger partial charge in [-0.2, -0.15) is 0 Å². The number of guanidine groups is 1. The molecule has 0 spiro atoms. The average Bonchev–Trinajstić information content (AvgIpc) is 2.21. The largest absolute Gasteiger partial charge is 0.349 e. The third kappa shape index (κ3) is 5.35. The van der Waals surface area contributed by atoms with E-state index in [1.54, 1.807) is 0 Å². The molecule has 0 amide bonds. The van der Waals surface area contributed by atoms with Gasteiger partial charge in [0.25, 0.3) is 0 Å². The summed E-state index contributed by atoms with van der Waals surface area (Å²) in [7, 11) is 10.3. The van der Waals surface area contributed by atoms with Crippen LogP contribution in [0.25, 0.3) is 0 Å². The molecule has 16 heavy (non-hydrogen) atoms. The number of nitrogens with zero attached hydrogens (tertiary/aromatic N) is 4. The van der Waals surface area contributed by atoms with E-state index in [1.165, 1.54) is 6.42 Å². The Kier molecular flexibility index (Phi) is 7.13. The van der Waals surface area contributed by atoms with E-state index in [-0.39, 0.29) is 0 Å². The Morgan fingerprint density at radius 3 is 1.94 bits per heavy atom. The van der Waals surface area contributed by atoms with Gasteiger partial charge < -0.3 is 14.7 Å². The molecule has 0 aromatic rings. The standard InChI is InChI=1S/C12H28N4/c1-8-11(2)16(7)10-9-13-12(14(3)4)15(5)6/h11H,8-10H2,1-7H3. The van der Waals surface area contributed by atoms with Crippen LogP contribution in [0.2, 0.25) is 0 Å². The Bertz CT molecular complexity index is 201. The van der Waals surface area contributed by atoms with Crippen LogP contribution in [0, 0.1) is 0 Å². The number of likely N-dealkylation sites (N-methyl/N-ethyl adjacent to an activating group) is 1. The maximum Gasteiger partial charge on any atom is 0.195 e. The highest BCUT2D eigenvalue weighted by Crippen LogP contribution is 1.99. The molecule has 0 saturated carbocycles. The van der Waals surface area contributed by atoms with Crippen molar-refractivity contribution >= 4 is 5.96 Å². The molecule has 0 aliphatic heterocycles. The molecular weight excluding hydrogens is 200 g/mol. The molecule has 0 aromatic heterocycles. The first-order valence-electron chi connectivity index (χ1n) is 5.99. The summed E-state index contributed by atoms with van der Waals surface area (Å²) in [6.45, 7) is 6.34. The van der Waals surface area contributed by atoms with E-state index in [0.717, 1.165) is 19.0 Å².